The van der Waals surface area contributed by atoms with E-state index in [1.54, 1.807) is 0 Å². The molecule has 3 aromatic rings. The van der Waals surface area contributed by atoms with Crippen LogP contribution in [0, 0.1) is 0 Å². The van der Waals surface area contributed by atoms with Crippen LogP contribution in [-0.2, 0) is 0 Å². The van der Waals surface area contributed by atoms with Crippen LogP contribution in [0.2, 0.25) is 0 Å². The first-order valence-electron chi connectivity index (χ1n) is 15.5. The summed E-state index contributed by atoms with van der Waals surface area (Å²) in [5.74, 6) is 2.45. The first-order valence-corrected chi connectivity index (χ1v) is 15.5. The van der Waals surface area contributed by atoms with E-state index in [2.05, 4.69) is 153 Å². The van der Waals surface area contributed by atoms with Gasteiger partial charge in [-0.05, 0) is 68.9 Å². The molecule has 0 bridgehead atoms. The lowest BCUT2D eigenvalue weighted by atomic mass is 9.82. The fourth-order valence-corrected chi connectivity index (χ4v) is 5.69. The van der Waals surface area contributed by atoms with Crippen LogP contribution in [0.15, 0.2) is 54.6 Å². The molecular weight excluding hydrogens is 485 g/mol. The lowest BCUT2D eigenvalue weighted by molar-refractivity contribution is 0.836. The number of benzene rings is 3. The quantitative estimate of drug-likeness (QED) is 0.200. The van der Waals surface area contributed by atoms with Gasteiger partial charge in [-0.1, -0.05) is 138 Å². The highest BCUT2D eigenvalue weighted by Gasteiger charge is 2.27. The van der Waals surface area contributed by atoms with Crippen molar-refractivity contribution in [3.05, 3.63) is 88.0 Å². The van der Waals surface area contributed by atoms with Crippen molar-refractivity contribution in [1.82, 2.24) is 0 Å². The van der Waals surface area contributed by atoms with E-state index in [9.17, 15) is 0 Å². The maximum Gasteiger partial charge on any atom is 0.496 e. The molecule has 0 aromatic heterocycles. The summed E-state index contributed by atoms with van der Waals surface area (Å²) < 4.78 is 0. The Labute approximate surface area is 246 Å². The fraction of sp³-hybridized carbons (Fsp3) is 0.500. The highest BCUT2D eigenvalue weighted by molar-refractivity contribution is 6.69. The van der Waals surface area contributed by atoms with Crippen LogP contribution < -0.4 is 15.7 Å². The Kier molecular flexibility index (Phi) is 10.8. The Morgan fingerprint density at radius 1 is 0.350 bits per heavy atom. The van der Waals surface area contributed by atoms with Crippen LogP contribution in [0.25, 0.3) is 0 Å². The Balaban J connectivity index is 2.25. The Hall–Kier alpha value is -2.88. The summed E-state index contributed by atoms with van der Waals surface area (Å²) >= 11 is 0. The van der Waals surface area contributed by atoms with Crippen molar-refractivity contribution < 1.29 is 0 Å². The van der Waals surface area contributed by atoms with Crippen molar-refractivity contribution >= 4 is 24.2 Å². The van der Waals surface area contributed by atoms with E-state index in [0.29, 0.717) is 35.5 Å². The van der Waals surface area contributed by atoms with Crippen molar-refractivity contribution in [2.24, 2.45) is 0 Å². The minimum atomic E-state index is -0.216. The van der Waals surface area contributed by atoms with E-state index in [1.807, 2.05) is 0 Å². The van der Waals surface area contributed by atoms with Gasteiger partial charge in [0.2, 0.25) is 0 Å². The maximum absolute atomic E-state index is 4.02. The molecule has 0 amide bonds. The Morgan fingerprint density at radius 3 is 0.675 bits per heavy atom. The third kappa shape index (κ3) is 7.25. The second kappa shape index (κ2) is 13.7. The number of hydrogen-bond acceptors (Lipinski definition) is 3. The van der Waals surface area contributed by atoms with Crippen molar-refractivity contribution in [2.45, 2.75) is 119 Å². The summed E-state index contributed by atoms with van der Waals surface area (Å²) in [6, 6.07) is 20.3. The summed E-state index contributed by atoms with van der Waals surface area (Å²) in [6.45, 7) is 27.5. The predicted molar refractivity (Wildman–Crippen MR) is 180 cm³/mol. The van der Waals surface area contributed by atoms with Crippen LogP contribution in [-0.4, -0.2) is 7.12 Å². The van der Waals surface area contributed by atoms with Gasteiger partial charge in [0.15, 0.2) is 0 Å². The number of rotatable bonds is 12. The molecule has 3 nitrogen and oxygen atoms in total. The molecule has 0 aliphatic carbocycles. The van der Waals surface area contributed by atoms with Crippen molar-refractivity contribution in [1.29, 1.82) is 0 Å². The van der Waals surface area contributed by atoms with Crippen LogP contribution >= 0.6 is 0 Å². The first-order chi connectivity index (χ1) is 18.8. The highest BCUT2D eigenvalue weighted by Crippen LogP contribution is 2.37. The molecule has 40 heavy (non-hydrogen) atoms. The monoisotopic (exact) mass is 539 g/mol. The Bertz CT molecular complexity index is 1020. The molecule has 4 heteroatoms. The zero-order valence-electron chi connectivity index (χ0n) is 27.2. The van der Waals surface area contributed by atoms with E-state index < -0.39 is 0 Å². The fourth-order valence-electron chi connectivity index (χ4n) is 5.69. The summed E-state index contributed by atoms with van der Waals surface area (Å²) in [6.07, 6.45) is 0. The molecule has 3 rings (SSSR count). The standard InChI is InChI=1S/C36H54BN3/c1-22(2)28-16-13-17-29(23(3)4)34(28)38-37(39-35-30(24(5)6)18-14-19-31(35)25(7)8)40-36-32(26(9)10)20-15-21-33(36)27(11)12/h13-27,38-40H,1-12H3. The van der Waals surface area contributed by atoms with Gasteiger partial charge >= 0.3 is 7.12 Å². The molecule has 0 aliphatic rings. The lowest BCUT2D eigenvalue weighted by Gasteiger charge is -2.30. The summed E-state index contributed by atoms with van der Waals surface area (Å²) in [7, 11) is -0.216. The van der Waals surface area contributed by atoms with Gasteiger partial charge in [-0.25, -0.2) is 0 Å². The maximum atomic E-state index is 4.02. The van der Waals surface area contributed by atoms with E-state index in [0.717, 1.165) is 0 Å². The zero-order valence-corrected chi connectivity index (χ0v) is 27.2. The average Bonchev–Trinajstić information content (AvgIpc) is 2.88. The molecule has 0 radical (unpaired) electrons. The van der Waals surface area contributed by atoms with Crippen molar-refractivity contribution in [3.63, 3.8) is 0 Å². The second-order valence-electron chi connectivity index (χ2n) is 13.2. The van der Waals surface area contributed by atoms with Gasteiger partial charge < -0.3 is 15.7 Å². The van der Waals surface area contributed by atoms with E-state index in [1.165, 1.54) is 50.4 Å². The van der Waals surface area contributed by atoms with Crippen molar-refractivity contribution in [3.8, 4) is 0 Å². The number of para-hydroxylation sites is 3. The second-order valence-corrected chi connectivity index (χ2v) is 13.2. The molecule has 3 aromatic carbocycles. The van der Waals surface area contributed by atoms with Gasteiger partial charge in [-0.15, -0.1) is 0 Å². The number of hydrogen-bond donors (Lipinski definition) is 3. The van der Waals surface area contributed by atoms with Gasteiger partial charge in [0.25, 0.3) is 0 Å². The van der Waals surface area contributed by atoms with Crippen molar-refractivity contribution in [2.75, 3.05) is 15.7 Å². The normalized spacial score (nSPS) is 11.8. The molecule has 0 saturated heterocycles. The van der Waals surface area contributed by atoms with Gasteiger partial charge in [-0.3, -0.25) is 0 Å². The molecule has 216 valence electrons. The number of anilines is 3. The lowest BCUT2D eigenvalue weighted by Crippen LogP contribution is -2.44. The number of nitrogens with one attached hydrogen (secondary N) is 3. The van der Waals surface area contributed by atoms with Crippen LogP contribution in [0.1, 0.15) is 152 Å². The zero-order chi connectivity index (χ0) is 29.7. The summed E-state index contributed by atoms with van der Waals surface area (Å²) in [5.41, 5.74) is 11.8. The molecule has 0 heterocycles. The van der Waals surface area contributed by atoms with E-state index >= 15 is 0 Å². The SMILES string of the molecule is CC(C)c1cccc(C(C)C)c1NB(Nc1c(C(C)C)cccc1C(C)C)Nc1c(C(C)C)cccc1C(C)C. The first kappa shape index (κ1) is 31.6. The summed E-state index contributed by atoms with van der Waals surface area (Å²) in [4.78, 5) is 0. The topological polar surface area (TPSA) is 36.1 Å². The van der Waals surface area contributed by atoms with Gasteiger partial charge in [0.05, 0.1) is 0 Å². The van der Waals surface area contributed by atoms with E-state index in [-0.39, 0.29) is 7.12 Å². The smallest absolute Gasteiger partial charge is 0.389 e. The molecule has 3 N–H and O–H groups in total. The van der Waals surface area contributed by atoms with Crippen LogP contribution in [0.5, 0.6) is 0 Å². The predicted octanol–water partition coefficient (Wildman–Crippen LogP) is 11.0. The largest absolute Gasteiger partial charge is 0.496 e. The van der Waals surface area contributed by atoms with Crippen LogP contribution in [0.4, 0.5) is 17.1 Å². The third-order valence-corrected chi connectivity index (χ3v) is 7.98. The van der Waals surface area contributed by atoms with Crippen LogP contribution in [0.3, 0.4) is 0 Å². The molecule has 0 atom stereocenters. The molecule has 0 saturated carbocycles. The average molecular weight is 540 g/mol. The summed E-state index contributed by atoms with van der Waals surface area (Å²) in [5, 5.41) is 12.1. The van der Waals surface area contributed by atoms with Gasteiger partial charge in [-0.2, -0.15) is 0 Å². The highest BCUT2D eigenvalue weighted by atomic mass is 15.1. The molecular formula is C36H54BN3. The molecule has 0 aliphatic heterocycles. The minimum Gasteiger partial charge on any atom is -0.389 e. The Morgan fingerprint density at radius 2 is 0.525 bits per heavy atom. The van der Waals surface area contributed by atoms with Gasteiger partial charge in [0.1, 0.15) is 0 Å². The minimum absolute atomic E-state index is 0.216. The molecule has 0 spiro atoms. The molecule has 0 unspecified atom stereocenters. The molecule has 0 fully saturated rings. The third-order valence-electron chi connectivity index (χ3n) is 7.98. The van der Waals surface area contributed by atoms with Gasteiger partial charge in [0, 0.05) is 17.1 Å². The van der Waals surface area contributed by atoms with E-state index in [4.69, 9.17) is 0 Å².